The number of hydrogen-bond donors (Lipinski definition) is 0. The van der Waals surface area contributed by atoms with Crippen molar-refractivity contribution in [3.63, 3.8) is 0 Å². The first kappa shape index (κ1) is 19.9. The van der Waals surface area contributed by atoms with Gasteiger partial charge in [0.2, 0.25) is 12.0 Å². The van der Waals surface area contributed by atoms with E-state index in [0.717, 1.165) is 5.56 Å². The third-order valence-electron chi connectivity index (χ3n) is 3.55. The van der Waals surface area contributed by atoms with E-state index < -0.39 is 30.4 Å². The summed E-state index contributed by atoms with van der Waals surface area (Å²) in [6.45, 7) is 5.56. The molecule has 1 aromatic rings. The molecule has 0 fully saturated rings. The van der Waals surface area contributed by atoms with Crippen molar-refractivity contribution < 1.29 is 33.3 Å². The Labute approximate surface area is 152 Å². The highest BCUT2D eigenvalue weighted by Gasteiger charge is 2.41. The molecular weight excluding hydrogens is 340 g/mol. The zero-order valence-corrected chi connectivity index (χ0v) is 15.2. The van der Waals surface area contributed by atoms with Gasteiger partial charge in [-0.25, -0.2) is 4.79 Å². The molecule has 142 valence electrons. The average Bonchev–Trinajstić information content (AvgIpc) is 2.62. The second-order valence-electron chi connectivity index (χ2n) is 5.53. The lowest BCUT2D eigenvalue weighted by molar-refractivity contribution is -0.226. The van der Waals surface area contributed by atoms with Crippen LogP contribution in [0.3, 0.4) is 0 Å². The zero-order valence-electron chi connectivity index (χ0n) is 15.2. The summed E-state index contributed by atoms with van der Waals surface area (Å²) in [5, 5.41) is 0. The molecule has 1 aliphatic rings. The molecule has 0 aliphatic carbocycles. The van der Waals surface area contributed by atoms with Crippen molar-refractivity contribution in [2.75, 3.05) is 13.2 Å². The van der Waals surface area contributed by atoms with Crippen LogP contribution in [0.4, 0.5) is 0 Å². The van der Waals surface area contributed by atoms with Gasteiger partial charge in [-0.05, 0) is 25.5 Å². The van der Waals surface area contributed by atoms with Crippen LogP contribution < -0.4 is 0 Å². The number of benzene rings is 1. The number of ether oxygens (including phenoxy) is 5. The van der Waals surface area contributed by atoms with Gasteiger partial charge in [0.15, 0.2) is 6.10 Å². The van der Waals surface area contributed by atoms with Crippen molar-refractivity contribution in [3.8, 4) is 0 Å². The molecule has 0 radical (unpaired) electrons. The van der Waals surface area contributed by atoms with Gasteiger partial charge in [-0.15, -0.1) is 0 Å². The van der Waals surface area contributed by atoms with Crippen LogP contribution in [-0.4, -0.2) is 43.7 Å². The molecule has 26 heavy (non-hydrogen) atoms. The second-order valence-corrected chi connectivity index (χ2v) is 5.53. The summed E-state index contributed by atoms with van der Waals surface area (Å²) < 4.78 is 27.3. The molecule has 3 atom stereocenters. The van der Waals surface area contributed by atoms with Crippen LogP contribution in [0, 0.1) is 0 Å². The maximum atomic E-state index is 12.1. The first-order valence-corrected chi connectivity index (χ1v) is 8.55. The molecule has 1 aliphatic heterocycles. The fraction of sp³-hybridized carbons (Fsp3) is 0.474. The largest absolute Gasteiger partial charge is 0.460 e. The van der Waals surface area contributed by atoms with Crippen molar-refractivity contribution in [3.05, 3.63) is 47.7 Å². The Morgan fingerprint density at radius 3 is 2.42 bits per heavy atom. The predicted octanol–water partition coefficient (Wildman–Crippen LogP) is 2.34. The minimum atomic E-state index is -0.964. The standard InChI is InChI=1S/C19H24O7/c1-4-22-18(21)16-11-15(24-12-14-9-7-6-8-10-14)17(25-13(3)20)19(26-16)23-5-2/h6-11,15,17,19H,4-5,12H2,1-3H3/t15-,17-,19+/m1/s1. The van der Waals surface area contributed by atoms with Crippen molar-refractivity contribution in [2.24, 2.45) is 0 Å². The number of esters is 2. The number of rotatable bonds is 8. The SMILES string of the molecule is CCOC(=O)C1=C[C@@H](OCc2ccccc2)[C@@H](OC(C)=O)[C@@H](OCC)O1. The van der Waals surface area contributed by atoms with E-state index in [1.165, 1.54) is 13.0 Å². The van der Waals surface area contributed by atoms with Crippen LogP contribution in [0.2, 0.25) is 0 Å². The van der Waals surface area contributed by atoms with Crippen LogP contribution in [0.15, 0.2) is 42.2 Å². The van der Waals surface area contributed by atoms with Gasteiger partial charge in [0.1, 0.15) is 6.10 Å². The van der Waals surface area contributed by atoms with Crippen LogP contribution in [0.1, 0.15) is 26.3 Å². The molecule has 7 heteroatoms. The highest BCUT2D eigenvalue weighted by molar-refractivity contribution is 5.86. The third-order valence-corrected chi connectivity index (χ3v) is 3.55. The molecule has 0 spiro atoms. The van der Waals surface area contributed by atoms with Crippen molar-refractivity contribution in [1.29, 1.82) is 0 Å². The molecule has 0 N–H and O–H groups in total. The Balaban J connectivity index is 2.22. The Morgan fingerprint density at radius 2 is 1.81 bits per heavy atom. The van der Waals surface area contributed by atoms with E-state index in [1.807, 2.05) is 30.3 Å². The van der Waals surface area contributed by atoms with E-state index >= 15 is 0 Å². The summed E-state index contributed by atoms with van der Waals surface area (Å²) in [4.78, 5) is 23.6. The van der Waals surface area contributed by atoms with Crippen molar-refractivity contribution in [1.82, 2.24) is 0 Å². The molecular formula is C19H24O7. The Morgan fingerprint density at radius 1 is 1.08 bits per heavy atom. The summed E-state index contributed by atoms with van der Waals surface area (Å²) >= 11 is 0. The highest BCUT2D eigenvalue weighted by atomic mass is 16.7. The average molecular weight is 364 g/mol. The monoisotopic (exact) mass is 364 g/mol. The lowest BCUT2D eigenvalue weighted by Gasteiger charge is -2.35. The normalized spacial score (nSPS) is 22.1. The molecule has 1 aromatic carbocycles. The number of carbonyl (C=O) groups excluding carboxylic acids is 2. The molecule has 0 saturated heterocycles. The van der Waals surface area contributed by atoms with Gasteiger partial charge in [-0.2, -0.15) is 0 Å². The van der Waals surface area contributed by atoms with Gasteiger partial charge in [0, 0.05) is 13.5 Å². The van der Waals surface area contributed by atoms with E-state index in [4.69, 9.17) is 23.7 Å². The Hall–Kier alpha value is -2.38. The van der Waals surface area contributed by atoms with Gasteiger partial charge in [0.25, 0.3) is 0 Å². The minimum Gasteiger partial charge on any atom is -0.460 e. The zero-order chi connectivity index (χ0) is 18.9. The summed E-state index contributed by atoms with van der Waals surface area (Å²) in [5.74, 6) is -1.14. The molecule has 0 amide bonds. The summed E-state index contributed by atoms with van der Waals surface area (Å²) in [6.07, 6.45) is -1.06. The summed E-state index contributed by atoms with van der Waals surface area (Å²) in [6, 6.07) is 9.53. The molecule has 7 nitrogen and oxygen atoms in total. The fourth-order valence-electron chi connectivity index (χ4n) is 2.47. The Bertz CT molecular complexity index is 626. The smallest absolute Gasteiger partial charge is 0.373 e. The van der Waals surface area contributed by atoms with Gasteiger partial charge in [0.05, 0.1) is 13.2 Å². The Kier molecular flexibility index (Phi) is 7.62. The quantitative estimate of drug-likeness (QED) is 0.655. The van der Waals surface area contributed by atoms with Crippen LogP contribution in [-0.2, 0) is 39.9 Å². The second kappa shape index (κ2) is 9.94. The molecule has 0 bridgehead atoms. The molecule has 1 heterocycles. The van der Waals surface area contributed by atoms with E-state index in [-0.39, 0.29) is 19.0 Å². The highest BCUT2D eigenvalue weighted by Crippen LogP contribution is 2.26. The molecule has 0 aromatic heterocycles. The molecule has 0 unspecified atom stereocenters. The molecule has 2 rings (SSSR count). The maximum absolute atomic E-state index is 12.1. The van der Waals surface area contributed by atoms with Crippen molar-refractivity contribution in [2.45, 2.75) is 45.9 Å². The van der Waals surface area contributed by atoms with E-state index in [0.29, 0.717) is 6.61 Å². The van der Waals surface area contributed by atoms with E-state index in [2.05, 4.69) is 0 Å². The third kappa shape index (κ3) is 5.57. The van der Waals surface area contributed by atoms with E-state index in [9.17, 15) is 9.59 Å². The molecule has 0 saturated carbocycles. The first-order chi connectivity index (χ1) is 12.5. The predicted molar refractivity (Wildman–Crippen MR) is 91.8 cm³/mol. The minimum absolute atomic E-state index is 0.0215. The van der Waals surface area contributed by atoms with Gasteiger partial charge in [-0.1, -0.05) is 30.3 Å². The first-order valence-electron chi connectivity index (χ1n) is 8.55. The lowest BCUT2D eigenvalue weighted by atomic mass is 10.1. The number of hydrogen-bond acceptors (Lipinski definition) is 7. The maximum Gasteiger partial charge on any atom is 0.373 e. The summed E-state index contributed by atoms with van der Waals surface area (Å²) in [5.41, 5.74) is 0.944. The lowest BCUT2D eigenvalue weighted by Crippen LogP contribution is -2.48. The van der Waals surface area contributed by atoms with Crippen LogP contribution in [0.5, 0.6) is 0 Å². The van der Waals surface area contributed by atoms with Crippen LogP contribution >= 0.6 is 0 Å². The van der Waals surface area contributed by atoms with Gasteiger partial charge < -0.3 is 23.7 Å². The fourth-order valence-corrected chi connectivity index (χ4v) is 2.47. The van der Waals surface area contributed by atoms with Gasteiger partial charge in [-0.3, -0.25) is 4.79 Å². The summed E-state index contributed by atoms with van der Waals surface area (Å²) in [7, 11) is 0. The van der Waals surface area contributed by atoms with Crippen LogP contribution in [0.25, 0.3) is 0 Å². The van der Waals surface area contributed by atoms with Crippen molar-refractivity contribution >= 4 is 11.9 Å². The topological polar surface area (TPSA) is 80.3 Å². The number of carbonyl (C=O) groups is 2. The van der Waals surface area contributed by atoms with E-state index in [1.54, 1.807) is 13.8 Å². The van der Waals surface area contributed by atoms with Gasteiger partial charge >= 0.3 is 11.9 Å².